The summed E-state index contributed by atoms with van der Waals surface area (Å²) in [6.07, 6.45) is 5.82. The van der Waals surface area contributed by atoms with Gasteiger partial charge in [0.2, 0.25) is 0 Å². The van der Waals surface area contributed by atoms with Crippen LogP contribution >= 0.6 is 0 Å². The third kappa shape index (κ3) is 6.70. The maximum Gasteiger partial charge on any atom is 0.158 e. The van der Waals surface area contributed by atoms with Crippen LogP contribution in [0.3, 0.4) is 0 Å². The Labute approximate surface area is 117 Å². The van der Waals surface area contributed by atoms with E-state index in [2.05, 4.69) is 5.32 Å². The molecule has 0 radical (unpaired) electrons. The van der Waals surface area contributed by atoms with Gasteiger partial charge in [0.05, 0.1) is 0 Å². The zero-order valence-electron chi connectivity index (χ0n) is 12.6. The smallest absolute Gasteiger partial charge is 0.158 e. The molecule has 0 bridgehead atoms. The number of ether oxygens (including phenoxy) is 2. The molecule has 0 aromatic carbocycles. The molecule has 0 spiro atoms. The molecule has 4 nitrogen and oxygen atoms in total. The maximum absolute atomic E-state index is 9.38. The average molecular weight is 273 g/mol. The van der Waals surface area contributed by atoms with E-state index in [-0.39, 0.29) is 6.29 Å². The minimum atomic E-state index is -0.0810. The molecule has 0 aliphatic heterocycles. The predicted octanol–water partition coefficient (Wildman–Crippen LogP) is 2.16. The fourth-order valence-electron chi connectivity index (χ4n) is 2.89. The monoisotopic (exact) mass is 273 g/mol. The van der Waals surface area contributed by atoms with Gasteiger partial charge in [-0.2, -0.15) is 0 Å². The van der Waals surface area contributed by atoms with Crippen LogP contribution in [0.15, 0.2) is 0 Å². The molecule has 2 unspecified atom stereocenters. The van der Waals surface area contributed by atoms with Gasteiger partial charge in [0.25, 0.3) is 0 Å². The third-order valence-electron chi connectivity index (χ3n) is 3.97. The molecule has 2 atom stereocenters. The molecule has 1 aliphatic carbocycles. The van der Waals surface area contributed by atoms with Gasteiger partial charge in [0.1, 0.15) is 0 Å². The molecule has 1 fully saturated rings. The quantitative estimate of drug-likeness (QED) is 0.473. The Morgan fingerprint density at radius 1 is 1.11 bits per heavy atom. The van der Waals surface area contributed by atoms with Crippen molar-refractivity contribution in [2.24, 2.45) is 11.8 Å². The van der Waals surface area contributed by atoms with Crippen LogP contribution < -0.4 is 5.32 Å². The standard InChI is InChI=1S/C15H31NO3/c1-3-18-15(19-4-2)9-10-16-11-13-7-5-6-8-14(13)12-17/h13-17H,3-12H2,1-2H3. The highest BCUT2D eigenvalue weighted by molar-refractivity contribution is 4.76. The first-order chi connectivity index (χ1) is 9.31. The van der Waals surface area contributed by atoms with Crippen LogP contribution in [0.4, 0.5) is 0 Å². The van der Waals surface area contributed by atoms with E-state index in [1.807, 2.05) is 13.8 Å². The summed E-state index contributed by atoms with van der Waals surface area (Å²) in [6, 6.07) is 0. The van der Waals surface area contributed by atoms with E-state index >= 15 is 0 Å². The second kappa shape index (κ2) is 10.6. The van der Waals surface area contributed by atoms with Crippen molar-refractivity contribution in [3.8, 4) is 0 Å². The van der Waals surface area contributed by atoms with Crippen LogP contribution in [0.2, 0.25) is 0 Å². The molecule has 0 heterocycles. The highest BCUT2D eigenvalue weighted by atomic mass is 16.7. The highest BCUT2D eigenvalue weighted by Gasteiger charge is 2.23. The molecule has 114 valence electrons. The summed E-state index contributed by atoms with van der Waals surface area (Å²) in [5, 5.41) is 12.9. The number of aliphatic hydroxyl groups excluding tert-OH is 1. The Morgan fingerprint density at radius 3 is 2.32 bits per heavy atom. The number of aliphatic hydroxyl groups is 1. The Kier molecular flexibility index (Phi) is 9.43. The summed E-state index contributed by atoms with van der Waals surface area (Å²) < 4.78 is 11.0. The maximum atomic E-state index is 9.38. The van der Waals surface area contributed by atoms with Crippen molar-refractivity contribution >= 4 is 0 Å². The van der Waals surface area contributed by atoms with Gasteiger partial charge in [-0.3, -0.25) is 0 Å². The van der Waals surface area contributed by atoms with E-state index in [4.69, 9.17) is 9.47 Å². The van der Waals surface area contributed by atoms with E-state index in [1.54, 1.807) is 0 Å². The van der Waals surface area contributed by atoms with Gasteiger partial charge in [-0.15, -0.1) is 0 Å². The van der Waals surface area contributed by atoms with Gasteiger partial charge in [-0.25, -0.2) is 0 Å². The van der Waals surface area contributed by atoms with Crippen LogP contribution in [-0.4, -0.2) is 44.3 Å². The zero-order valence-corrected chi connectivity index (χ0v) is 12.6. The molecular weight excluding hydrogens is 242 g/mol. The topological polar surface area (TPSA) is 50.7 Å². The summed E-state index contributed by atoms with van der Waals surface area (Å²) >= 11 is 0. The van der Waals surface area contributed by atoms with Gasteiger partial charge < -0.3 is 19.9 Å². The fourth-order valence-corrected chi connectivity index (χ4v) is 2.89. The average Bonchev–Trinajstić information content (AvgIpc) is 2.44. The van der Waals surface area contributed by atoms with Gasteiger partial charge >= 0.3 is 0 Å². The second-order valence-electron chi connectivity index (χ2n) is 5.32. The van der Waals surface area contributed by atoms with Crippen LogP contribution in [-0.2, 0) is 9.47 Å². The molecule has 0 saturated heterocycles. The number of nitrogens with one attached hydrogen (secondary N) is 1. The second-order valence-corrected chi connectivity index (χ2v) is 5.32. The molecule has 1 saturated carbocycles. The fraction of sp³-hybridized carbons (Fsp3) is 1.00. The highest BCUT2D eigenvalue weighted by Crippen LogP contribution is 2.28. The summed E-state index contributed by atoms with van der Waals surface area (Å²) in [4.78, 5) is 0. The minimum absolute atomic E-state index is 0.0810. The molecule has 1 rings (SSSR count). The third-order valence-corrected chi connectivity index (χ3v) is 3.97. The summed E-state index contributed by atoms with van der Waals surface area (Å²) in [5.74, 6) is 1.13. The van der Waals surface area contributed by atoms with Gasteiger partial charge in [0, 0.05) is 26.2 Å². The van der Waals surface area contributed by atoms with Crippen LogP contribution in [0, 0.1) is 11.8 Å². The summed E-state index contributed by atoms with van der Waals surface area (Å²) in [5.41, 5.74) is 0. The Bertz CT molecular complexity index is 208. The minimum Gasteiger partial charge on any atom is -0.396 e. The number of hydrogen-bond acceptors (Lipinski definition) is 4. The zero-order chi connectivity index (χ0) is 13.9. The van der Waals surface area contributed by atoms with Crippen molar-refractivity contribution in [1.29, 1.82) is 0 Å². The molecule has 1 aliphatic rings. The van der Waals surface area contributed by atoms with Crippen molar-refractivity contribution in [2.75, 3.05) is 32.9 Å². The van der Waals surface area contributed by atoms with Gasteiger partial charge in [-0.05, 0) is 51.6 Å². The van der Waals surface area contributed by atoms with Crippen molar-refractivity contribution in [2.45, 2.75) is 52.2 Å². The van der Waals surface area contributed by atoms with E-state index in [0.29, 0.717) is 31.7 Å². The molecule has 2 N–H and O–H groups in total. The Hall–Kier alpha value is -0.160. The van der Waals surface area contributed by atoms with E-state index < -0.39 is 0 Å². The number of rotatable bonds is 10. The van der Waals surface area contributed by atoms with E-state index in [0.717, 1.165) is 19.5 Å². The van der Waals surface area contributed by atoms with Crippen molar-refractivity contribution in [3.63, 3.8) is 0 Å². The lowest BCUT2D eigenvalue weighted by Gasteiger charge is -2.30. The lowest BCUT2D eigenvalue weighted by molar-refractivity contribution is -0.138. The Morgan fingerprint density at radius 2 is 1.74 bits per heavy atom. The predicted molar refractivity (Wildman–Crippen MR) is 77.1 cm³/mol. The first kappa shape index (κ1) is 16.9. The number of hydrogen-bond donors (Lipinski definition) is 2. The van der Waals surface area contributed by atoms with E-state index in [1.165, 1.54) is 25.7 Å². The molecular formula is C15H31NO3. The van der Waals surface area contributed by atoms with Crippen molar-refractivity contribution in [1.82, 2.24) is 5.32 Å². The SMILES string of the molecule is CCOC(CCNCC1CCCCC1CO)OCC. The molecule has 4 heteroatoms. The van der Waals surface area contributed by atoms with Crippen LogP contribution in [0.25, 0.3) is 0 Å². The van der Waals surface area contributed by atoms with Gasteiger partial charge in [-0.1, -0.05) is 12.8 Å². The van der Waals surface area contributed by atoms with Crippen LogP contribution in [0.5, 0.6) is 0 Å². The molecule has 0 aromatic rings. The molecule has 19 heavy (non-hydrogen) atoms. The largest absolute Gasteiger partial charge is 0.396 e. The summed E-state index contributed by atoms with van der Waals surface area (Å²) in [7, 11) is 0. The van der Waals surface area contributed by atoms with Crippen molar-refractivity contribution < 1.29 is 14.6 Å². The van der Waals surface area contributed by atoms with Gasteiger partial charge in [0.15, 0.2) is 6.29 Å². The van der Waals surface area contributed by atoms with E-state index in [9.17, 15) is 5.11 Å². The first-order valence-corrected chi connectivity index (χ1v) is 7.86. The van der Waals surface area contributed by atoms with Crippen molar-refractivity contribution in [3.05, 3.63) is 0 Å². The lowest BCUT2D eigenvalue weighted by Crippen LogP contribution is -2.34. The van der Waals surface area contributed by atoms with Crippen LogP contribution in [0.1, 0.15) is 46.0 Å². The molecule has 0 amide bonds. The Balaban J connectivity index is 2.14. The lowest BCUT2D eigenvalue weighted by atomic mass is 9.79. The normalized spacial score (nSPS) is 24.0. The molecule has 0 aromatic heterocycles. The summed E-state index contributed by atoms with van der Waals surface area (Å²) in [6.45, 7) is 7.64. The first-order valence-electron chi connectivity index (χ1n) is 7.86.